The van der Waals surface area contributed by atoms with Crippen LogP contribution in [0.25, 0.3) is 0 Å². The fourth-order valence-corrected chi connectivity index (χ4v) is 1.60. The van der Waals surface area contributed by atoms with Crippen molar-refractivity contribution in [3.63, 3.8) is 0 Å². The molecule has 0 aliphatic heterocycles. The Labute approximate surface area is 137 Å². The van der Waals surface area contributed by atoms with Crippen molar-refractivity contribution in [3.05, 3.63) is 29.3 Å². The van der Waals surface area contributed by atoms with E-state index in [0.29, 0.717) is 5.75 Å². The molecule has 116 valence electrons. The summed E-state index contributed by atoms with van der Waals surface area (Å²) in [5, 5.41) is 20.6. The van der Waals surface area contributed by atoms with Crippen LogP contribution in [0.1, 0.15) is 37.8 Å². The molecule has 0 atom stereocenters. The van der Waals surface area contributed by atoms with Gasteiger partial charge in [-0.15, -0.1) is 24.0 Å². The van der Waals surface area contributed by atoms with E-state index in [1.54, 1.807) is 0 Å². The molecule has 20 heavy (non-hydrogen) atoms. The van der Waals surface area contributed by atoms with E-state index in [9.17, 15) is 5.11 Å². The lowest BCUT2D eigenvalue weighted by Crippen LogP contribution is -2.69. The standard InChI is InChI=1S/C12H19NO.C2H5NO2.HI/c1-4-12(13,5-2)10-7-6-9(3)11(14)8-10;1-3-2(4)5;/h6-8,14H,4-5,13H2,1-3H3;3H,1H3,(H,4,5);1H. The first kappa shape index (κ1) is 21.3. The van der Waals surface area contributed by atoms with Gasteiger partial charge in [-0.1, -0.05) is 26.0 Å². The first-order valence-corrected chi connectivity index (χ1v) is 6.34. The largest absolute Gasteiger partial charge is 0.530 e. The zero-order chi connectivity index (χ0) is 15.1. The summed E-state index contributed by atoms with van der Waals surface area (Å²) in [7, 11) is 1.29. The Morgan fingerprint density at radius 1 is 1.40 bits per heavy atom. The van der Waals surface area contributed by atoms with Gasteiger partial charge in [-0.3, -0.25) is 0 Å². The number of carbonyl (C=O) groups is 1. The number of nitrogens with one attached hydrogen (secondary N) is 1. The summed E-state index contributed by atoms with van der Waals surface area (Å²) < 4.78 is 0. The highest BCUT2D eigenvalue weighted by atomic mass is 127. The van der Waals surface area contributed by atoms with Gasteiger partial charge in [-0.25, -0.2) is 0 Å². The van der Waals surface area contributed by atoms with Crippen molar-refractivity contribution in [2.75, 3.05) is 7.05 Å². The van der Waals surface area contributed by atoms with Crippen molar-refractivity contribution >= 4 is 30.1 Å². The van der Waals surface area contributed by atoms with Crippen LogP contribution in [-0.4, -0.2) is 18.2 Å². The van der Waals surface area contributed by atoms with Gasteiger partial charge in [-0.2, -0.15) is 0 Å². The van der Waals surface area contributed by atoms with E-state index in [0.717, 1.165) is 24.0 Å². The highest BCUT2D eigenvalue weighted by Gasteiger charge is 2.27. The zero-order valence-electron chi connectivity index (χ0n) is 12.5. The van der Waals surface area contributed by atoms with Crippen molar-refractivity contribution in [2.24, 2.45) is 0 Å². The summed E-state index contributed by atoms with van der Waals surface area (Å²) in [5.41, 5.74) is 6.24. The minimum atomic E-state index is -1.25. The van der Waals surface area contributed by atoms with E-state index in [4.69, 9.17) is 9.90 Å². The van der Waals surface area contributed by atoms with Gasteiger partial charge in [0.15, 0.2) is 0 Å². The quantitative estimate of drug-likeness (QED) is 0.668. The molecule has 0 fully saturated rings. The molecule has 0 heterocycles. The molecule has 1 aromatic carbocycles. The third-order valence-electron chi connectivity index (χ3n) is 3.38. The van der Waals surface area contributed by atoms with E-state index in [1.807, 2.05) is 24.4 Å². The predicted octanol–water partition coefficient (Wildman–Crippen LogP) is 1.12. The second kappa shape index (κ2) is 9.82. The Morgan fingerprint density at radius 2 is 1.85 bits per heavy atom. The van der Waals surface area contributed by atoms with E-state index >= 15 is 0 Å². The third-order valence-corrected chi connectivity index (χ3v) is 3.38. The lowest BCUT2D eigenvalue weighted by Gasteiger charge is -2.23. The average molecular weight is 396 g/mol. The average Bonchev–Trinajstić information content (AvgIpc) is 2.41. The molecule has 0 radical (unpaired) electrons. The molecule has 0 aliphatic carbocycles. The molecular formula is C14H25IN2O3. The summed E-state index contributed by atoms with van der Waals surface area (Å²) in [6.45, 7) is 6.17. The van der Waals surface area contributed by atoms with Crippen LogP contribution in [0.4, 0.5) is 4.79 Å². The van der Waals surface area contributed by atoms with Crippen molar-refractivity contribution in [3.8, 4) is 5.75 Å². The van der Waals surface area contributed by atoms with Crippen LogP contribution in [0.5, 0.6) is 5.75 Å². The van der Waals surface area contributed by atoms with E-state index < -0.39 is 6.09 Å². The van der Waals surface area contributed by atoms with E-state index in [1.165, 1.54) is 7.05 Å². The number of aromatic hydroxyl groups is 1. The zero-order valence-corrected chi connectivity index (χ0v) is 14.9. The fraction of sp³-hybridized carbons (Fsp3) is 0.500. The number of hydrogen-bond acceptors (Lipinski definition) is 3. The van der Waals surface area contributed by atoms with Crippen LogP contribution in [0.15, 0.2) is 18.2 Å². The Balaban J connectivity index is 0. The van der Waals surface area contributed by atoms with Crippen LogP contribution in [0.2, 0.25) is 0 Å². The number of benzene rings is 1. The molecule has 0 aliphatic rings. The maximum Gasteiger partial charge on any atom is 0.133 e. The van der Waals surface area contributed by atoms with Crippen LogP contribution >= 0.6 is 24.0 Å². The van der Waals surface area contributed by atoms with Gasteiger partial charge in [0.25, 0.3) is 0 Å². The van der Waals surface area contributed by atoms with Gasteiger partial charge in [0.05, 0.1) is 0 Å². The number of quaternary nitrogens is 1. The number of phenols is 1. The summed E-state index contributed by atoms with van der Waals surface area (Å²) in [5.74, 6) is 0.373. The maximum absolute atomic E-state index is 9.63. The van der Waals surface area contributed by atoms with Gasteiger partial charge in [0, 0.05) is 25.5 Å². The Hall–Kier alpha value is -1.02. The Kier molecular flexibility index (Phi) is 10.4. The maximum atomic E-state index is 9.63. The summed E-state index contributed by atoms with van der Waals surface area (Å²) in [6, 6.07) is 5.86. The number of halogens is 1. The third kappa shape index (κ3) is 6.42. The number of rotatable bonds is 3. The second-order valence-electron chi connectivity index (χ2n) is 4.53. The van der Waals surface area contributed by atoms with Crippen molar-refractivity contribution in [1.29, 1.82) is 0 Å². The topological polar surface area (TPSA) is 100 Å². The van der Waals surface area contributed by atoms with Gasteiger partial charge in [0.2, 0.25) is 0 Å². The number of carboxylic acid groups (broad SMARTS) is 1. The fourth-order valence-electron chi connectivity index (χ4n) is 1.60. The highest BCUT2D eigenvalue weighted by molar-refractivity contribution is 14.0. The first-order chi connectivity index (χ1) is 8.80. The number of carbonyl (C=O) groups excluding carboxylic acids is 1. The minimum absolute atomic E-state index is 0. The number of phenolic OH excluding ortho intramolecular Hbond substituents is 1. The van der Waals surface area contributed by atoms with Gasteiger partial charge in [-0.05, 0) is 18.6 Å². The van der Waals surface area contributed by atoms with Crippen LogP contribution in [0.3, 0.4) is 0 Å². The highest BCUT2D eigenvalue weighted by Crippen LogP contribution is 2.27. The molecule has 0 aromatic heterocycles. The molecule has 5 nitrogen and oxygen atoms in total. The molecule has 1 aromatic rings. The number of aryl methyl sites for hydroxylation is 1. The summed E-state index contributed by atoms with van der Waals surface area (Å²) in [6.07, 6.45) is 0.739. The molecule has 5 N–H and O–H groups in total. The van der Waals surface area contributed by atoms with Crippen molar-refractivity contribution < 1.29 is 20.7 Å². The van der Waals surface area contributed by atoms with Crippen LogP contribution < -0.4 is 16.2 Å². The number of amides is 1. The molecular weight excluding hydrogens is 371 g/mol. The van der Waals surface area contributed by atoms with Gasteiger partial charge in [0.1, 0.15) is 17.4 Å². The smallest absolute Gasteiger partial charge is 0.133 e. The van der Waals surface area contributed by atoms with Crippen molar-refractivity contribution in [2.45, 2.75) is 39.2 Å². The van der Waals surface area contributed by atoms with Gasteiger partial charge < -0.3 is 26.1 Å². The van der Waals surface area contributed by atoms with E-state index in [2.05, 4.69) is 25.6 Å². The molecule has 0 bridgehead atoms. The van der Waals surface area contributed by atoms with Crippen LogP contribution in [-0.2, 0) is 5.54 Å². The van der Waals surface area contributed by atoms with Gasteiger partial charge >= 0.3 is 0 Å². The molecule has 1 rings (SSSR count). The predicted molar refractivity (Wildman–Crippen MR) is 87.9 cm³/mol. The first-order valence-electron chi connectivity index (χ1n) is 6.34. The normalized spacial score (nSPS) is 9.85. The Morgan fingerprint density at radius 3 is 2.15 bits per heavy atom. The molecule has 1 amide bonds. The minimum Gasteiger partial charge on any atom is -0.530 e. The summed E-state index contributed by atoms with van der Waals surface area (Å²) in [4.78, 5) is 9.15. The molecule has 0 saturated carbocycles. The Bertz CT molecular complexity index is 421. The SMILES string of the molecule is CCC([NH3+])(CC)c1ccc(C)c(O)c1.CNC(=O)[O-].I. The molecule has 0 saturated heterocycles. The molecule has 6 heteroatoms. The lowest BCUT2D eigenvalue weighted by atomic mass is 9.85. The second-order valence-corrected chi connectivity index (χ2v) is 4.53. The van der Waals surface area contributed by atoms with Crippen LogP contribution in [0, 0.1) is 6.92 Å². The molecule has 0 unspecified atom stereocenters. The lowest BCUT2D eigenvalue weighted by molar-refractivity contribution is -0.490. The van der Waals surface area contributed by atoms with E-state index in [-0.39, 0.29) is 29.5 Å². The monoisotopic (exact) mass is 396 g/mol. The number of hydrogen-bond donors (Lipinski definition) is 3. The molecule has 0 spiro atoms. The summed E-state index contributed by atoms with van der Waals surface area (Å²) >= 11 is 0. The van der Waals surface area contributed by atoms with Crippen molar-refractivity contribution in [1.82, 2.24) is 5.32 Å².